The van der Waals surface area contributed by atoms with Gasteiger partial charge in [0.15, 0.2) is 0 Å². The summed E-state index contributed by atoms with van der Waals surface area (Å²) in [6, 6.07) is 21.8. The highest BCUT2D eigenvalue weighted by molar-refractivity contribution is 5.94. The number of benzene rings is 2. The molecule has 2 fully saturated rings. The van der Waals surface area contributed by atoms with Crippen LogP contribution in [0.1, 0.15) is 46.8 Å². The molecule has 2 aliphatic rings. The average Bonchev–Trinajstić information content (AvgIpc) is 3.40. The molecule has 0 bridgehead atoms. The maximum atomic E-state index is 12.9. The Morgan fingerprint density at radius 2 is 1.63 bits per heavy atom. The number of piperidine rings is 1. The fourth-order valence-corrected chi connectivity index (χ4v) is 5.27. The van der Waals surface area contributed by atoms with E-state index < -0.39 is 0 Å². The lowest BCUT2D eigenvalue weighted by Crippen LogP contribution is -2.37. The highest BCUT2D eigenvalue weighted by atomic mass is 16.2. The Bertz CT molecular complexity index is 1170. The summed E-state index contributed by atoms with van der Waals surface area (Å²) in [5.74, 6) is 0.604. The van der Waals surface area contributed by atoms with Crippen molar-refractivity contribution in [1.82, 2.24) is 9.88 Å². The third-order valence-electron chi connectivity index (χ3n) is 7.33. The van der Waals surface area contributed by atoms with Gasteiger partial charge in [0.05, 0.1) is 17.3 Å². The number of nitrogens with zero attached hydrogens (tertiary/aromatic N) is 3. The first kappa shape index (κ1) is 23.1. The summed E-state index contributed by atoms with van der Waals surface area (Å²) in [7, 11) is 0. The molecule has 5 rings (SSSR count). The molecule has 0 unspecified atom stereocenters. The minimum atomic E-state index is -0.0271. The van der Waals surface area contributed by atoms with Crippen LogP contribution in [0.25, 0.3) is 0 Å². The van der Waals surface area contributed by atoms with Crippen LogP contribution in [0.4, 0.5) is 11.4 Å². The van der Waals surface area contributed by atoms with Crippen LogP contribution in [0.5, 0.6) is 0 Å². The van der Waals surface area contributed by atoms with Crippen molar-refractivity contribution in [2.45, 2.75) is 32.1 Å². The van der Waals surface area contributed by atoms with E-state index >= 15 is 0 Å². The van der Waals surface area contributed by atoms with Crippen molar-refractivity contribution in [3.63, 3.8) is 0 Å². The van der Waals surface area contributed by atoms with Crippen molar-refractivity contribution in [2.24, 2.45) is 5.92 Å². The summed E-state index contributed by atoms with van der Waals surface area (Å²) in [6.45, 7) is 5.14. The SMILES string of the molecule is Cc1ncccc1N1CC[C@H](C(=O)Nc2ccc(C3CCN(C(=O)c4ccccc4)CC3)cc2)C1. The van der Waals surface area contributed by atoms with Crippen LogP contribution in [0, 0.1) is 12.8 Å². The molecule has 0 aliphatic carbocycles. The minimum Gasteiger partial charge on any atom is -0.369 e. The summed E-state index contributed by atoms with van der Waals surface area (Å²) in [5.41, 5.74) is 4.98. The molecule has 2 saturated heterocycles. The molecule has 2 aromatic carbocycles. The molecular weight excluding hydrogens is 436 g/mol. The molecule has 3 aromatic rings. The van der Waals surface area contributed by atoms with E-state index in [1.54, 1.807) is 6.20 Å². The first-order valence-electron chi connectivity index (χ1n) is 12.5. The van der Waals surface area contributed by atoms with Gasteiger partial charge in [0, 0.05) is 43.6 Å². The summed E-state index contributed by atoms with van der Waals surface area (Å²) in [6.07, 6.45) is 4.56. The zero-order valence-electron chi connectivity index (χ0n) is 20.2. The van der Waals surface area contributed by atoms with Crippen LogP contribution in [-0.4, -0.2) is 47.9 Å². The molecule has 6 nitrogen and oxygen atoms in total. The van der Waals surface area contributed by atoms with Gasteiger partial charge in [-0.3, -0.25) is 14.6 Å². The van der Waals surface area contributed by atoms with Crippen molar-refractivity contribution < 1.29 is 9.59 Å². The second-order valence-electron chi connectivity index (χ2n) is 9.58. The highest BCUT2D eigenvalue weighted by Crippen LogP contribution is 2.30. The summed E-state index contributed by atoms with van der Waals surface area (Å²) in [5, 5.41) is 3.11. The van der Waals surface area contributed by atoms with Crippen LogP contribution >= 0.6 is 0 Å². The zero-order valence-corrected chi connectivity index (χ0v) is 20.2. The molecule has 35 heavy (non-hydrogen) atoms. The molecule has 1 atom stereocenters. The normalized spacial score (nSPS) is 18.5. The van der Waals surface area contributed by atoms with Gasteiger partial charge in [0.2, 0.25) is 5.91 Å². The quantitative estimate of drug-likeness (QED) is 0.580. The average molecular weight is 469 g/mol. The number of pyridine rings is 1. The smallest absolute Gasteiger partial charge is 0.253 e. The number of aromatic nitrogens is 1. The number of hydrogen-bond acceptors (Lipinski definition) is 4. The van der Waals surface area contributed by atoms with Crippen LogP contribution < -0.4 is 10.2 Å². The summed E-state index contributed by atoms with van der Waals surface area (Å²) in [4.78, 5) is 34.2. The molecule has 1 aromatic heterocycles. The second-order valence-corrected chi connectivity index (χ2v) is 9.58. The van der Waals surface area contributed by atoms with Crippen LogP contribution in [0.2, 0.25) is 0 Å². The fraction of sp³-hybridized carbons (Fsp3) is 0.345. The predicted octanol–water partition coefficient (Wildman–Crippen LogP) is 4.87. The molecule has 2 aliphatic heterocycles. The van der Waals surface area contributed by atoms with Gasteiger partial charge in [-0.15, -0.1) is 0 Å². The van der Waals surface area contributed by atoms with Gasteiger partial charge >= 0.3 is 0 Å². The molecule has 0 spiro atoms. The van der Waals surface area contributed by atoms with Gasteiger partial charge < -0.3 is 15.1 Å². The van der Waals surface area contributed by atoms with E-state index in [0.717, 1.165) is 68.1 Å². The second kappa shape index (κ2) is 10.3. The minimum absolute atomic E-state index is 0.0271. The Morgan fingerprint density at radius 1 is 0.886 bits per heavy atom. The lowest BCUT2D eigenvalue weighted by atomic mass is 9.89. The maximum absolute atomic E-state index is 12.9. The molecule has 0 radical (unpaired) electrons. The van der Waals surface area contributed by atoms with Gasteiger partial charge in [-0.05, 0) is 74.1 Å². The van der Waals surface area contributed by atoms with Gasteiger partial charge in [-0.25, -0.2) is 0 Å². The van der Waals surface area contributed by atoms with Crippen molar-refractivity contribution in [3.8, 4) is 0 Å². The van der Waals surface area contributed by atoms with Crippen LogP contribution in [-0.2, 0) is 4.79 Å². The van der Waals surface area contributed by atoms with E-state index in [4.69, 9.17) is 0 Å². The number of hydrogen-bond donors (Lipinski definition) is 1. The van der Waals surface area contributed by atoms with Crippen LogP contribution in [0.3, 0.4) is 0 Å². The lowest BCUT2D eigenvalue weighted by molar-refractivity contribution is -0.119. The first-order chi connectivity index (χ1) is 17.1. The van der Waals surface area contributed by atoms with Gasteiger partial charge in [-0.1, -0.05) is 30.3 Å². The number of anilines is 2. The number of carbonyl (C=O) groups excluding carboxylic acids is 2. The van der Waals surface area contributed by atoms with Gasteiger partial charge in [0.25, 0.3) is 5.91 Å². The summed E-state index contributed by atoms with van der Waals surface area (Å²) >= 11 is 0. The van der Waals surface area contributed by atoms with E-state index in [-0.39, 0.29) is 17.7 Å². The van der Waals surface area contributed by atoms with E-state index in [9.17, 15) is 9.59 Å². The topological polar surface area (TPSA) is 65.5 Å². The molecular formula is C29H32N4O2. The number of carbonyl (C=O) groups is 2. The van der Waals surface area contributed by atoms with E-state index in [1.165, 1.54) is 5.56 Å². The predicted molar refractivity (Wildman–Crippen MR) is 139 cm³/mol. The van der Waals surface area contributed by atoms with Gasteiger partial charge in [0.1, 0.15) is 0 Å². The Kier molecular flexibility index (Phi) is 6.80. The Hall–Kier alpha value is -3.67. The number of nitrogens with one attached hydrogen (secondary N) is 1. The maximum Gasteiger partial charge on any atom is 0.253 e. The molecule has 6 heteroatoms. The van der Waals surface area contributed by atoms with E-state index in [1.807, 2.05) is 60.4 Å². The van der Waals surface area contributed by atoms with Gasteiger partial charge in [-0.2, -0.15) is 0 Å². The molecule has 2 amide bonds. The monoisotopic (exact) mass is 468 g/mol. The number of aryl methyl sites for hydroxylation is 1. The van der Waals surface area contributed by atoms with Crippen molar-refractivity contribution in [1.29, 1.82) is 0 Å². The zero-order chi connectivity index (χ0) is 24.2. The van der Waals surface area contributed by atoms with E-state index in [2.05, 4.69) is 33.4 Å². The molecule has 180 valence electrons. The van der Waals surface area contributed by atoms with Crippen molar-refractivity contribution in [3.05, 3.63) is 89.7 Å². The largest absolute Gasteiger partial charge is 0.369 e. The molecule has 0 saturated carbocycles. The molecule has 1 N–H and O–H groups in total. The standard InChI is InChI=1S/C29H32N4O2/c1-21-27(8-5-16-30-21)33-19-15-25(20-33)28(34)31-26-11-9-22(10-12-26)23-13-17-32(18-14-23)29(35)24-6-3-2-4-7-24/h2-12,16,23,25H,13-15,17-20H2,1H3,(H,31,34)/t25-/m0/s1. The fourth-order valence-electron chi connectivity index (χ4n) is 5.27. The third-order valence-corrected chi connectivity index (χ3v) is 7.33. The Labute approximate surface area is 207 Å². The highest BCUT2D eigenvalue weighted by Gasteiger charge is 2.29. The lowest BCUT2D eigenvalue weighted by Gasteiger charge is -2.32. The molecule has 3 heterocycles. The van der Waals surface area contributed by atoms with Crippen molar-refractivity contribution in [2.75, 3.05) is 36.4 Å². The third kappa shape index (κ3) is 5.21. The Balaban J connectivity index is 1.13. The van der Waals surface area contributed by atoms with Crippen molar-refractivity contribution >= 4 is 23.2 Å². The van der Waals surface area contributed by atoms with Crippen LogP contribution in [0.15, 0.2) is 72.9 Å². The number of likely N-dealkylation sites (tertiary alicyclic amines) is 1. The number of amides is 2. The summed E-state index contributed by atoms with van der Waals surface area (Å²) < 4.78 is 0. The number of rotatable bonds is 5. The Morgan fingerprint density at radius 3 is 2.34 bits per heavy atom. The van der Waals surface area contributed by atoms with E-state index in [0.29, 0.717) is 5.92 Å². The first-order valence-corrected chi connectivity index (χ1v) is 12.5.